The van der Waals surface area contributed by atoms with Crippen LogP contribution in [0, 0.1) is 11.3 Å². The Hall–Kier alpha value is -2.43. The van der Waals surface area contributed by atoms with E-state index in [1.54, 1.807) is 29.2 Å². The number of rotatable bonds is 5. The topological polar surface area (TPSA) is 82.9 Å². The molecule has 0 aromatic heterocycles. The van der Waals surface area contributed by atoms with Crippen molar-refractivity contribution in [1.82, 2.24) is 4.90 Å². The lowest BCUT2D eigenvalue weighted by Crippen LogP contribution is -2.53. The van der Waals surface area contributed by atoms with Crippen LogP contribution in [0.15, 0.2) is 24.3 Å². The maximum absolute atomic E-state index is 12.4. The van der Waals surface area contributed by atoms with Gasteiger partial charge in [0.15, 0.2) is 0 Å². The number of nitrogens with zero attached hydrogens (tertiary/aromatic N) is 3. The summed E-state index contributed by atoms with van der Waals surface area (Å²) in [6, 6.07) is 9.08. The van der Waals surface area contributed by atoms with Gasteiger partial charge in [0.05, 0.1) is 24.0 Å². The first kappa shape index (κ1) is 17.4. The summed E-state index contributed by atoms with van der Waals surface area (Å²) in [6.07, 6.45) is 2.07. The van der Waals surface area contributed by atoms with Crippen LogP contribution in [0.5, 0.6) is 0 Å². The summed E-state index contributed by atoms with van der Waals surface area (Å²) in [5.41, 5.74) is 1.05. The van der Waals surface area contributed by atoms with Gasteiger partial charge in [-0.15, -0.1) is 0 Å². The molecule has 0 bridgehead atoms. The van der Waals surface area contributed by atoms with E-state index in [4.69, 9.17) is 9.47 Å². The number of ether oxygens (including phenoxy) is 2. The van der Waals surface area contributed by atoms with E-state index in [2.05, 4.69) is 6.07 Å². The van der Waals surface area contributed by atoms with Gasteiger partial charge in [-0.05, 0) is 25.0 Å². The van der Waals surface area contributed by atoms with Gasteiger partial charge < -0.3 is 19.3 Å². The van der Waals surface area contributed by atoms with Crippen molar-refractivity contribution in [2.45, 2.75) is 18.9 Å². The Bertz CT molecular complexity index is 679. The molecular weight excluding hydrogens is 322 g/mol. The summed E-state index contributed by atoms with van der Waals surface area (Å²) < 4.78 is 10.9. The number of carbonyl (C=O) groups excluding carboxylic acids is 2. The predicted molar refractivity (Wildman–Crippen MR) is 89.9 cm³/mol. The molecule has 0 N–H and O–H groups in total. The SMILES string of the molecule is N#Cc1ccccc1N1CCN(C(=O)COC[C@@H]2CCCO2)CC1=O. The van der Waals surface area contributed by atoms with Gasteiger partial charge in [-0.1, -0.05) is 12.1 Å². The first-order valence-electron chi connectivity index (χ1n) is 8.45. The van der Waals surface area contributed by atoms with Crippen molar-refractivity contribution < 1.29 is 19.1 Å². The molecule has 2 fully saturated rings. The number of piperazine rings is 1. The van der Waals surface area contributed by atoms with Gasteiger partial charge in [0.1, 0.15) is 19.2 Å². The number of benzene rings is 1. The summed E-state index contributed by atoms with van der Waals surface area (Å²) in [5, 5.41) is 9.18. The van der Waals surface area contributed by atoms with Crippen LogP contribution < -0.4 is 4.90 Å². The normalized spacial score (nSPS) is 20.6. The highest BCUT2D eigenvalue weighted by Gasteiger charge is 2.29. The molecule has 7 heteroatoms. The van der Waals surface area contributed by atoms with Gasteiger partial charge in [-0.25, -0.2) is 0 Å². The summed E-state index contributed by atoms with van der Waals surface area (Å²) in [7, 11) is 0. The van der Waals surface area contributed by atoms with Gasteiger partial charge >= 0.3 is 0 Å². The van der Waals surface area contributed by atoms with E-state index >= 15 is 0 Å². The molecule has 2 amide bonds. The zero-order chi connectivity index (χ0) is 17.6. The Morgan fingerprint density at radius 2 is 2.20 bits per heavy atom. The number of hydrogen-bond acceptors (Lipinski definition) is 5. The highest BCUT2D eigenvalue weighted by Crippen LogP contribution is 2.21. The quantitative estimate of drug-likeness (QED) is 0.794. The van der Waals surface area contributed by atoms with Crippen molar-refractivity contribution >= 4 is 17.5 Å². The number of amides is 2. The highest BCUT2D eigenvalue weighted by atomic mass is 16.5. The number of hydrogen-bond donors (Lipinski definition) is 0. The number of para-hydroxylation sites is 1. The average Bonchev–Trinajstić information content (AvgIpc) is 3.15. The van der Waals surface area contributed by atoms with Gasteiger partial charge in [-0.2, -0.15) is 5.26 Å². The maximum Gasteiger partial charge on any atom is 0.249 e. The molecule has 2 aliphatic heterocycles. The predicted octanol–water partition coefficient (Wildman–Crippen LogP) is 0.929. The van der Waals surface area contributed by atoms with Crippen molar-refractivity contribution in [2.24, 2.45) is 0 Å². The van der Waals surface area contributed by atoms with Crippen LogP contribution in [0.3, 0.4) is 0 Å². The third-order valence-corrected chi connectivity index (χ3v) is 4.44. The first-order chi connectivity index (χ1) is 12.2. The van der Waals surface area contributed by atoms with E-state index in [0.29, 0.717) is 30.9 Å². The van der Waals surface area contributed by atoms with Gasteiger partial charge in [0.25, 0.3) is 0 Å². The van der Waals surface area contributed by atoms with Crippen LogP contribution in [-0.2, 0) is 19.1 Å². The molecule has 1 aromatic carbocycles. The van der Waals surface area contributed by atoms with E-state index < -0.39 is 0 Å². The van der Waals surface area contributed by atoms with Crippen LogP contribution in [-0.4, -0.2) is 62.3 Å². The number of carbonyl (C=O) groups is 2. The molecule has 0 radical (unpaired) electrons. The molecule has 7 nitrogen and oxygen atoms in total. The first-order valence-corrected chi connectivity index (χ1v) is 8.45. The Labute approximate surface area is 146 Å². The minimum absolute atomic E-state index is 0.00187. The van der Waals surface area contributed by atoms with Crippen molar-refractivity contribution in [3.05, 3.63) is 29.8 Å². The summed E-state index contributed by atoms with van der Waals surface area (Å²) >= 11 is 0. The molecule has 1 atom stereocenters. The van der Waals surface area contributed by atoms with Gasteiger partial charge in [0, 0.05) is 19.7 Å². The van der Waals surface area contributed by atoms with Crippen molar-refractivity contribution in [3.8, 4) is 6.07 Å². The fourth-order valence-electron chi connectivity index (χ4n) is 3.09. The minimum atomic E-state index is -0.195. The number of anilines is 1. The van der Waals surface area contributed by atoms with E-state index in [0.717, 1.165) is 19.4 Å². The lowest BCUT2D eigenvalue weighted by atomic mass is 10.1. The Morgan fingerprint density at radius 3 is 2.92 bits per heavy atom. The van der Waals surface area contributed by atoms with Gasteiger partial charge in [-0.3, -0.25) is 9.59 Å². The smallest absolute Gasteiger partial charge is 0.249 e. The maximum atomic E-state index is 12.4. The molecule has 0 spiro atoms. The fourth-order valence-corrected chi connectivity index (χ4v) is 3.09. The third-order valence-electron chi connectivity index (χ3n) is 4.44. The standard InChI is InChI=1S/C18H21N3O4/c19-10-14-4-1-2-6-16(14)21-8-7-20(11-17(21)22)18(23)13-24-12-15-5-3-9-25-15/h1-2,4,6,15H,3,5,7-9,11-13H2/t15-/m0/s1. The third kappa shape index (κ3) is 4.16. The monoisotopic (exact) mass is 343 g/mol. The summed E-state index contributed by atoms with van der Waals surface area (Å²) in [6.45, 7) is 1.92. The second-order valence-corrected chi connectivity index (χ2v) is 6.14. The van der Waals surface area contributed by atoms with E-state index in [1.165, 1.54) is 4.90 Å². The Kier molecular flexibility index (Phi) is 5.64. The fraction of sp³-hybridized carbons (Fsp3) is 0.500. The minimum Gasteiger partial charge on any atom is -0.376 e. The van der Waals surface area contributed by atoms with Crippen molar-refractivity contribution in [3.63, 3.8) is 0 Å². The summed E-state index contributed by atoms with van der Waals surface area (Å²) in [5.74, 6) is -0.388. The molecule has 2 saturated heterocycles. The van der Waals surface area contributed by atoms with E-state index in [9.17, 15) is 14.9 Å². The molecule has 2 heterocycles. The molecule has 0 saturated carbocycles. The zero-order valence-corrected chi connectivity index (χ0v) is 14.0. The second kappa shape index (κ2) is 8.10. The van der Waals surface area contributed by atoms with Crippen LogP contribution >= 0.6 is 0 Å². The van der Waals surface area contributed by atoms with Crippen LogP contribution in [0.25, 0.3) is 0 Å². The zero-order valence-electron chi connectivity index (χ0n) is 14.0. The van der Waals surface area contributed by atoms with E-state index in [-0.39, 0.29) is 31.1 Å². The molecule has 3 rings (SSSR count). The van der Waals surface area contributed by atoms with Crippen LogP contribution in [0.2, 0.25) is 0 Å². The largest absolute Gasteiger partial charge is 0.376 e. The molecule has 0 unspecified atom stereocenters. The van der Waals surface area contributed by atoms with Crippen LogP contribution in [0.4, 0.5) is 5.69 Å². The van der Waals surface area contributed by atoms with Crippen molar-refractivity contribution in [2.75, 3.05) is 44.4 Å². The Balaban J connectivity index is 1.51. The molecule has 0 aliphatic carbocycles. The van der Waals surface area contributed by atoms with Crippen LogP contribution in [0.1, 0.15) is 18.4 Å². The average molecular weight is 343 g/mol. The van der Waals surface area contributed by atoms with E-state index in [1.807, 2.05) is 0 Å². The molecular formula is C18H21N3O4. The Morgan fingerprint density at radius 1 is 1.36 bits per heavy atom. The molecule has 1 aromatic rings. The van der Waals surface area contributed by atoms with Crippen molar-refractivity contribution in [1.29, 1.82) is 5.26 Å². The lowest BCUT2D eigenvalue weighted by Gasteiger charge is -2.34. The molecule has 132 valence electrons. The molecule has 2 aliphatic rings. The number of nitriles is 1. The van der Waals surface area contributed by atoms with Gasteiger partial charge in [0.2, 0.25) is 11.8 Å². The highest BCUT2D eigenvalue weighted by molar-refractivity contribution is 5.99. The second-order valence-electron chi connectivity index (χ2n) is 6.14. The summed E-state index contributed by atoms with van der Waals surface area (Å²) in [4.78, 5) is 27.7. The lowest BCUT2D eigenvalue weighted by molar-refractivity contribution is -0.141. The molecule has 25 heavy (non-hydrogen) atoms.